The topological polar surface area (TPSA) is 41.6 Å². The molecule has 2 rings (SSSR count). The number of benzene rings is 1. The van der Waals surface area contributed by atoms with Crippen LogP contribution in [0.1, 0.15) is 40.5 Å². The number of likely N-dealkylation sites (tertiary alicyclic amines) is 1. The van der Waals surface area contributed by atoms with E-state index in [9.17, 15) is 4.79 Å². The van der Waals surface area contributed by atoms with Crippen LogP contribution >= 0.6 is 11.6 Å². The van der Waals surface area contributed by atoms with Gasteiger partial charge in [0.25, 0.3) is 0 Å². The van der Waals surface area contributed by atoms with Crippen molar-refractivity contribution in [2.24, 2.45) is 5.92 Å². The van der Waals surface area contributed by atoms with Crippen LogP contribution < -0.4 is 5.32 Å². The van der Waals surface area contributed by atoms with Gasteiger partial charge in [-0.3, -0.25) is 0 Å². The summed E-state index contributed by atoms with van der Waals surface area (Å²) < 4.78 is 5.44. The van der Waals surface area contributed by atoms with Gasteiger partial charge in [0.15, 0.2) is 0 Å². The number of halogens is 1. The molecule has 1 N–H and O–H groups in total. The first-order chi connectivity index (χ1) is 10.7. The van der Waals surface area contributed by atoms with Crippen molar-refractivity contribution < 1.29 is 9.53 Å². The Morgan fingerprint density at radius 2 is 1.83 bits per heavy atom. The van der Waals surface area contributed by atoms with E-state index in [1.807, 2.05) is 49.9 Å². The number of nitrogens with one attached hydrogen (secondary N) is 1. The molecule has 0 radical (unpaired) electrons. The summed E-state index contributed by atoms with van der Waals surface area (Å²) in [4.78, 5) is 13.9. The molecule has 5 heteroatoms. The normalized spacial score (nSPS) is 17.7. The number of rotatable bonds is 3. The van der Waals surface area contributed by atoms with E-state index in [1.54, 1.807) is 0 Å². The molecular formula is C18H27ClN2O2. The van der Waals surface area contributed by atoms with Crippen molar-refractivity contribution in [2.45, 2.75) is 52.2 Å². The molecule has 1 aromatic rings. The number of nitrogens with zero attached hydrogens (tertiary/aromatic N) is 1. The highest BCUT2D eigenvalue weighted by molar-refractivity contribution is 6.30. The summed E-state index contributed by atoms with van der Waals surface area (Å²) in [6.45, 7) is 9.40. The van der Waals surface area contributed by atoms with Gasteiger partial charge in [-0.25, -0.2) is 4.79 Å². The molecule has 1 unspecified atom stereocenters. The average molecular weight is 339 g/mol. The van der Waals surface area contributed by atoms with E-state index < -0.39 is 5.60 Å². The summed E-state index contributed by atoms with van der Waals surface area (Å²) in [5, 5.41) is 4.27. The maximum Gasteiger partial charge on any atom is 0.410 e. The van der Waals surface area contributed by atoms with E-state index in [2.05, 4.69) is 12.2 Å². The molecule has 1 heterocycles. The molecule has 1 atom stereocenters. The summed E-state index contributed by atoms with van der Waals surface area (Å²) in [6, 6.07) is 8.13. The highest BCUT2D eigenvalue weighted by Crippen LogP contribution is 2.25. The lowest BCUT2D eigenvalue weighted by atomic mass is 9.90. The minimum absolute atomic E-state index is 0.200. The molecule has 4 nitrogen and oxygen atoms in total. The molecule has 0 aromatic heterocycles. The Labute approximate surface area is 144 Å². The smallest absolute Gasteiger partial charge is 0.410 e. The van der Waals surface area contributed by atoms with Crippen LogP contribution in [0.3, 0.4) is 0 Å². The Morgan fingerprint density at radius 3 is 2.35 bits per heavy atom. The first kappa shape index (κ1) is 17.9. The van der Waals surface area contributed by atoms with E-state index in [-0.39, 0.29) is 6.09 Å². The molecule has 1 aliphatic rings. The van der Waals surface area contributed by atoms with Gasteiger partial charge in [-0.1, -0.05) is 11.6 Å². The Morgan fingerprint density at radius 1 is 1.26 bits per heavy atom. The zero-order valence-corrected chi connectivity index (χ0v) is 15.2. The van der Waals surface area contributed by atoms with Crippen molar-refractivity contribution in [1.29, 1.82) is 0 Å². The number of ether oxygens (including phenoxy) is 1. The first-order valence-electron chi connectivity index (χ1n) is 8.24. The Balaban J connectivity index is 1.81. The SMILES string of the molecule is CC(Nc1ccc(Cl)cc1)C1CCN(C(=O)OC(C)(C)C)CC1. The maximum atomic E-state index is 12.1. The van der Waals surface area contributed by atoms with Crippen LogP contribution in [0.4, 0.5) is 10.5 Å². The molecule has 0 bridgehead atoms. The molecule has 23 heavy (non-hydrogen) atoms. The summed E-state index contributed by atoms with van der Waals surface area (Å²) in [7, 11) is 0. The van der Waals surface area contributed by atoms with Gasteiger partial charge in [0.2, 0.25) is 0 Å². The third-order valence-electron chi connectivity index (χ3n) is 4.14. The van der Waals surface area contributed by atoms with Crippen molar-refractivity contribution in [3.05, 3.63) is 29.3 Å². The van der Waals surface area contributed by atoms with E-state index >= 15 is 0 Å². The minimum Gasteiger partial charge on any atom is -0.444 e. The van der Waals surface area contributed by atoms with Crippen LogP contribution in [-0.4, -0.2) is 35.7 Å². The number of hydrogen-bond donors (Lipinski definition) is 1. The fourth-order valence-corrected chi connectivity index (χ4v) is 2.96. The van der Waals surface area contributed by atoms with Gasteiger partial charge in [0.1, 0.15) is 5.60 Å². The van der Waals surface area contributed by atoms with E-state index in [4.69, 9.17) is 16.3 Å². The lowest BCUT2D eigenvalue weighted by Crippen LogP contribution is -2.44. The second-order valence-corrected chi connectivity index (χ2v) is 7.68. The largest absolute Gasteiger partial charge is 0.444 e. The van der Waals surface area contributed by atoms with Crippen molar-refractivity contribution in [1.82, 2.24) is 4.90 Å². The summed E-state index contributed by atoms with van der Waals surface area (Å²) in [5.41, 5.74) is 0.647. The monoisotopic (exact) mass is 338 g/mol. The molecule has 128 valence electrons. The number of anilines is 1. The van der Waals surface area contributed by atoms with Crippen LogP contribution in [0.25, 0.3) is 0 Å². The molecule has 0 aliphatic carbocycles. The van der Waals surface area contributed by atoms with E-state index in [1.165, 1.54) is 0 Å². The molecule has 0 saturated carbocycles. The number of piperidine rings is 1. The van der Waals surface area contributed by atoms with E-state index in [0.717, 1.165) is 36.6 Å². The Bertz CT molecular complexity index is 517. The van der Waals surface area contributed by atoms with E-state index in [0.29, 0.717) is 12.0 Å². The van der Waals surface area contributed by atoms with Gasteiger partial charge < -0.3 is 15.0 Å². The third kappa shape index (κ3) is 5.61. The third-order valence-corrected chi connectivity index (χ3v) is 4.39. The van der Waals surface area contributed by atoms with Gasteiger partial charge >= 0.3 is 6.09 Å². The van der Waals surface area contributed by atoms with Gasteiger partial charge in [0.05, 0.1) is 0 Å². The predicted molar refractivity (Wildman–Crippen MR) is 95.1 cm³/mol. The fourth-order valence-electron chi connectivity index (χ4n) is 2.84. The zero-order chi connectivity index (χ0) is 17.0. The second-order valence-electron chi connectivity index (χ2n) is 7.24. The van der Waals surface area contributed by atoms with Gasteiger partial charge in [0, 0.05) is 29.8 Å². The lowest BCUT2D eigenvalue weighted by molar-refractivity contribution is 0.0179. The molecule has 1 aliphatic heterocycles. The van der Waals surface area contributed by atoms with Crippen LogP contribution in [-0.2, 0) is 4.74 Å². The molecule has 1 amide bonds. The summed E-state index contributed by atoms with van der Waals surface area (Å²) in [5.74, 6) is 0.546. The molecule has 0 spiro atoms. The second kappa shape index (κ2) is 7.43. The first-order valence-corrected chi connectivity index (χ1v) is 8.62. The van der Waals surface area contributed by atoms with Gasteiger partial charge in [-0.05, 0) is 70.7 Å². The molecule has 1 aromatic carbocycles. The van der Waals surface area contributed by atoms with Crippen molar-refractivity contribution >= 4 is 23.4 Å². The van der Waals surface area contributed by atoms with Gasteiger partial charge in [-0.15, -0.1) is 0 Å². The number of carbonyl (C=O) groups is 1. The quantitative estimate of drug-likeness (QED) is 0.861. The van der Waals surface area contributed by atoms with Crippen molar-refractivity contribution in [3.63, 3.8) is 0 Å². The molecular weight excluding hydrogens is 312 g/mol. The number of amides is 1. The van der Waals surface area contributed by atoms with Crippen LogP contribution in [0, 0.1) is 5.92 Å². The Kier molecular flexibility index (Phi) is 5.79. The number of carbonyl (C=O) groups excluding carboxylic acids is 1. The minimum atomic E-state index is -0.433. The van der Waals surface area contributed by atoms with Crippen LogP contribution in [0.5, 0.6) is 0 Å². The summed E-state index contributed by atoms with van der Waals surface area (Å²) in [6.07, 6.45) is 1.77. The van der Waals surface area contributed by atoms with Crippen LogP contribution in [0.2, 0.25) is 5.02 Å². The highest BCUT2D eigenvalue weighted by Gasteiger charge is 2.29. The zero-order valence-electron chi connectivity index (χ0n) is 14.4. The van der Waals surface area contributed by atoms with Crippen molar-refractivity contribution in [2.75, 3.05) is 18.4 Å². The van der Waals surface area contributed by atoms with Gasteiger partial charge in [-0.2, -0.15) is 0 Å². The standard InChI is InChI=1S/C18H27ClN2O2/c1-13(20-16-7-5-15(19)6-8-16)14-9-11-21(12-10-14)17(22)23-18(2,3)4/h5-8,13-14,20H,9-12H2,1-4H3. The molecule has 1 saturated heterocycles. The highest BCUT2D eigenvalue weighted by atomic mass is 35.5. The average Bonchev–Trinajstić information content (AvgIpc) is 2.48. The number of hydrogen-bond acceptors (Lipinski definition) is 3. The Hall–Kier alpha value is -1.42. The maximum absolute atomic E-state index is 12.1. The van der Waals surface area contributed by atoms with Crippen molar-refractivity contribution in [3.8, 4) is 0 Å². The summed E-state index contributed by atoms with van der Waals surface area (Å²) >= 11 is 5.91. The van der Waals surface area contributed by atoms with Crippen LogP contribution in [0.15, 0.2) is 24.3 Å². The fraction of sp³-hybridized carbons (Fsp3) is 0.611. The lowest BCUT2D eigenvalue weighted by Gasteiger charge is -2.36. The predicted octanol–water partition coefficient (Wildman–Crippen LogP) is 4.79. The molecule has 1 fully saturated rings.